The highest BCUT2D eigenvalue weighted by atomic mass is 32.2. The number of hydrogen-bond acceptors (Lipinski definition) is 6. The van der Waals surface area contributed by atoms with E-state index in [4.69, 9.17) is 0 Å². The van der Waals surface area contributed by atoms with Crippen LogP contribution in [0.4, 0.5) is 15.8 Å². The number of benzene rings is 2. The summed E-state index contributed by atoms with van der Waals surface area (Å²) < 4.78 is 39.7. The number of nitrogens with one attached hydrogen (secondary N) is 1. The number of carbonyl (C=O) groups is 1. The molecule has 0 spiro atoms. The highest BCUT2D eigenvalue weighted by molar-refractivity contribution is 7.89. The van der Waals surface area contributed by atoms with E-state index in [2.05, 4.69) is 5.32 Å². The molecule has 154 valence electrons. The number of nitro groups is 1. The quantitative estimate of drug-likeness (QED) is 0.560. The Morgan fingerprint density at radius 3 is 2.31 bits per heavy atom. The second-order valence-corrected chi connectivity index (χ2v) is 8.37. The monoisotopic (exact) mass is 422 g/mol. The first-order chi connectivity index (χ1) is 13.8. The summed E-state index contributed by atoms with van der Waals surface area (Å²) in [5, 5.41) is 13.8. The average Bonchev–Trinajstić information content (AvgIpc) is 2.70. The van der Waals surface area contributed by atoms with Crippen molar-refractivity contribution in [2.75, 3.05) is 38.0 Å². The van der Waals surface area contributed by atoms with Gasteiger partial charge in [0, 0.05) is 37.9 Å². The summed E-state index contributed by atoms with van der Waals surface area (Å²) in [6.45, 7) is 0.876. The number of rotatable bonds is 6. The molecule has 1 heterocycles. The Labute approximate surface area is 166 Å². The van der Waals surface area contributed by atoms with E-state index in [1.54, 1.807) is 4.90 Å². The second-order valence-electron chi connectivity index (χ2n) is 6.46. The molecular formula is C18H19FN4O5S. The number of carbonyl (C=O) groups excluding carboxylic acids is 1. The van der Waals surface area contributed by atoms with Crippen molar-refractivity contribution in [1.29, 1.82) is 0 Å². The van der Waals surface area contributed by atoms with E-state index in [1.165, 1.54) is 46.8 Å². The van der Waals surface area contributed by atoms with Crippen molar-refractivity contribution in [3.05, 3.63) is 64.5 Å². The van der Waals surface area contributed by atoms with Crippen molar-refractivity contribution in [2.24, 2.45) is 0 Å². The first-order valence-corrected chi connectivity index (χ1v) is 10.2. The van der Waals surface area contributed by atoms with E-state index < -0.39 is 26.5 Å². The molecule has 1 aliphatic heterocycles. The summed E-state index contributed by atoms with van der Waals surface area (Å²) in [7, 11) is -4.01. The van der Waals surface area contributed by atoms with Crippen LogP contribution in [0.25, 0.3) is 0 Å². The van der Waals surface area contributed by atoms with Gasteiger partial charge < -0.3 is 5.32 Å². The number of halogens is 1. The Morgan fingerprint density at radius 1 is 1.07 bits per heavy atom. The van der Waals surface area contributed by atoms with E-state index in [1.807, 2.05) is 0 Å². The lowest BCUT2D eigenvalue weighted by Crippen LogP contribution is -2.50. The molecule has 1 saturated heterocycles. The fourth-order valence-corrected chi connectivity index (χ4v) is 4.61. The van der Waals surface area contributed by atoms with E-state index in [-0.39, 0.29) is 30.4 Å². The predicted molar refractivity (Wildman–Crippen MR) is 103 cm³/mol. The summed E-state index contributed by atoms with van der Waals surface area (Å²) >= 11 is 0. The average molecular weight is 422 g/mol. The normalized spacial score (nSPS) is 15.8. The van der Waals surface area contributed by atoms with Crippen molar-refractivity contribution in [2.45, 2.75) is 4.90 Å². The maximum absolute atomic E-state index is 12.9. The smallest absolute Gasteiger partial charge is 0.289 e. The molecule has 0 unspecified atom stereocenters. The second kappa shape index (κ2) is 8.64. The highest BCUT2D eigenvalue weighted by Gasteiger charge is 2.33. The van der Waals surface area contributed by atoms with Crippen molar-refractivity contribution in [3.63, 3.8) is 0 Å². The van der Waals surface area contributed by atoms with Gasteiger partial charge >= 0.3 is 0 Å². The van der Waals surface area contributed by atoms with Gasteiger partial charge in [-0.1, -0.05) is 12.1 Å². The van der Waals surface area contributed by atoms with Gasteiger partial charge in [0.05, 0.1) is 11.5 Å². The summed E-state index contributed by atoms with van der Waals surface area (Å²) in [5.74, 6) is -0.703. The third kappa shape index (κ3) is 4.94. The number of nitrogens with zero attached hydrogens (tertiary/aromatic N) is 3. The molecule has 0 aliphatic carbocycles. The zero-order valence-corrected chi connectivity index (χ0v) is 16.1. The molecule has 0 saturated carbocycles. The molecule has 1 N–H and O–H groups in total. The van der Waals surface area contributed by atoms with Gasteiger partial charge in [-0.2, -0.15) is 4.31 Å². The van der Waals surface area contributed by atoms with Gasteiger partial charge in [0.2, 0.25) is 15.9 Å². The third-order valence-electron chi connectivity index (χ3n) is 4.51. The third-order valence-corrected chi connectivity index (χ3v) is 6.45. The summed E-state index contributed by atoms with van der Waals surface area (Å²) in [4.78, 5) is 24.0. The minimum Gasteiger partial charge on any atom is -0.325 e. The van der Waals surface area contributed by atoms with Gasteiger partial charge in [0.15, 0.2) is 4.90 Å². The van der Waals surface area contributed by atoms with Crippen LogP contribution in [0.2, 0.25) is 0 Å². The van der Waals surface area contributed by atoms with Crippen LogP contribution in [0.1, 0.15) is 0 Å². The molecule has 2 aromatic carbocycles. The van der Waals surface area contributed by atoms with E-state index in [0.29, 0.717) is 18.8 Å². The fourth-order valence-electron chi connectivity index (χ4n) is 3.03. The summed E-state index contributed by atoms with van der Waals surface area (Å²) in [6, 6.07) is 10.6. The van der Waals surface area contributed by atoms with Crippen LogP contribution >= 0.6 is 0 Å². The van der Waals surface area contributed by atoms with Crippen LogP contribution in [0, 0.1) is 15.9 Å². The van der Waals surface area contributed by atoms with Gasteiger partial charge in [-0.15, -0.1) is 0 Å². The Hall–Kier alpha value is -2.89. The predicted octanol–water partition coefficient (Wildman–Crippen LogP) is 1.68. The van der Waals surface area contributed by atoms with E-state index >= 15 is 0 Å². The maximum atomic E-state index is 12.9. The minimum absolute atomic E-state index is 0.0523. The number of para-hydroxylation sites is 1. The Bertz CT molecular complexity index is 1010. The Morgan fingerprint density at radius 2 is 1.69 bits per heavy atom. The van der Waals surface area contributed by atoms with Crippen LogP contribution in [0.15, 0.2) is 53.4 Å². The number of anilines is 1. The summed E-state index contributed by atoms with van der Waals surface area (Å²) in [5.41, 5.74) is 0.00241. The molecule has 11 heteroatoms. The number of piperazine rings is 1. The topological polar surface area (TPSA) is 113 Å². The van der Waals surface area contributed by atoms with Gasteiger partial charge in [-0.05, 0) is 30.3 Å². The molecule has 0 radical (unpaired) electrons. The molecule has 0 aromatic heterocycles. The molecule has 9 nitrogen and oxygen atoms in total. The lowest BCUT2D eigenvalue weighted by atomic mass is 10.3. The van der Waals surface area contributed by atoms with Crippen molar-refractivity contribution in [1.82, 2.24) is 9.21 Å². The zero-order valence-electron chi connectivity index (χ0n) is 15.3. The molecule has 0 atom stereocenters. The number of amides is 1. The number of nitro benzene ring substituents is 1. The zero-order chi connectivity index (χ0) is 21.0. The molecule has 29 heavy (non-hydrogen) atoms. The molecule has 2 aromatic rings. The number of sulfonamides is 1. The minimum atomic E-state index is -4.01. The molecule has 0 bridgehead atoms. The molecule has 3 rings (SSSR count). The highest BCUT2D eigenvalue weighted by Crippen LogP contribution is 2.26. The first-order valence-electron chi connectivity index (χ1n) is 8.79. The molecule has 1 aliphatic rings. The standard InChI is InChI=1S/C18H19FN4O5S/c19-14-5-7-15(8-6-14)20-18(24)13-21-9-11-22(12-10-21)29(27,28)17-4-2-1-3-16(17)23(25)26/h1-8H,9-13H2,(H,20,24). The van der Waals surface area contributed by atoms with Crippen molar-refractivity contribution >= 4 is 27.3 Å². The largest absolute Gasteiger partial charge is 0.325 e. The fraction of sp³-hybridized carbons (Fsp3) is 0.278. The van der Waals surface area contributed by atoms with Crippen LogP contribution in [0.5, 0.6) is 0 Å². The lowest BCUT2D eigenvalue weighted by molar-refractivity contribution is -0.387. The van der Waals surface area contributed by atoms with Gasteiger partial charge in [-0.25, -0.2) is 12.8 Å². The van der Waals surface area contributed by atoms with Crippen molar-refractivity contribution in [3.8, 4) is 0 Å². The van der Waals surface area contributed by atoms with Gasteiger partial charge in [0.25, 0.3) is 5.69 Å². The van der Waals surface area contributed by atoms with Crippen molar-refractivity contribution < 1.29 is 22.5 Å². The van der Waals surface area contributed by atoms with Crippen LogP contribution < -0.4 is 5.32 Å². The Kier molecular flexibility index (Phi) is 6.20. The maximum Gasteiger partial charge on any atom is 0.289 e. The molecular weight excluding hydrogens is 403 g/mol. The van der Waals surface area contributed by atoms with Crippen LogP contribution in [0.3, 0.4) is 0 Å². The van der Waals surface area contributed by atoms with E-state index in [9.17, 15) is 27.7 Å². The number of hydrogen-bond donors (Lipinski definition) is 1. The van der Waals surface area contributed by atoms with Crippen LogP contribution in [-0.2, 0) is 14.8 Å². The lowest BCUT2D eigenvalue weighted by Gasteiger charge is -2.33. The van der Waals surface area contributed by atoms with Crippen LogP contribution in [-0.4, -0.2) is 61.2 Å². The SMILES string of the molecule is O=C(CN1CCN(S(=O)(=O)c2ccccc2[N+](=O)[O-])CC1)Nc1ccc(F)cc1. The van der Waals surface area contributed by atoms with Gasteiger partial charge in [0.1, 0.15) is 5.82 Å². The first kappa shape index (κ1) is 20.8. The Balaban J connectivity index is 1.59. The van der Waals surface area contributed by atoms with E-state index in [0.717, 1.165) is 6.07 Å². The molecule has 1 amide bonds. The molecule has 1 fully saturated rings. The van der Waals surface area contributed by atoms with Gasteiger partial charge in [-0.3, -0.25) is 19.8 Å². The summed E-state index contributed by atoms with van der Waals surface area (Å²) in [6.07, 6.45) is 0.